The van der Waals surface area contributed by atoms with Crippen molar-refractivity contribution in [3.8, 4) is 0 Å². The molecule has 0 aliphatic heterocycles. The fourth-order valence-electron chi connectivity index (χ4n) is 3.22. The maximum absolute atomic E-state index is 12.1. The SMILES string of the molecule is CCOCCC1(CNC(=NC)NCCCCC(F)(F)F)CCCC1.I. The van der Waals surface area contributed by atoms with Gasteiger partial charge in [-0.05, 0) is 44.4 Å². The predicted octanol–water partition coefficient (Wildman–Crippen LogP) is 4.49. The van der Waals surface area contributed by atoms with E-state index in [-0.39, 0.29) is 35.8 Å². The lowest BCUT2D eigenvalue weighted by atomic mass is 9.83. The van der Waals surface area contributed by atoms with Crippen molar-refractivity contribution >= 4 is 29.9 Å². The molecule has 8 heteroatoms. The van der Waals surface area contributed by atoms with Gasteiger partial charge >= 0.3 is 6.18 Å². The van der Waals surface area contributed by atoms with Gasteiger partial charge in [0.2, 0.25) is 0 Å². The molecule has 1 fully saturated rings. The monoisotopic (exact) mass is 479 g/mol. The summed E-state index contributed by atoms with van der Waals surface area (Å²) in [6.45, 7) is 4.86. The van der Waals surface area contributed by atoms with E-state index in [1.807, 2.05) is 6.92 Å². The number of nitrogens with zero attached hydrogens (tertiary/aromatic N) is 1. The molecule has 150 valence electrons. The molecule has 0 aromatic heterocycles. The van der Waals surface area contributed by atoms with E-state index in [1.165, 1.54) is 25.7 Å². The summed E-state index contributed by atoms with van der Waals surface area (Å²) in [7, 11) is 1.69. The molecule has 0 aromatic rings. The number of rotatable bonds is 10. The average molecular weight is 479 g/mol. The first kappa shape index (κ1) is 24.8. The van der Waals surface area contributed by atoms with Crippen molar-refractivity contribution in [2.45, 2.75) is 64.5 Å². The Morgan fingerprint density at radius 3 is 2.40 bits per heavy atom. The Bertz CT molecular complexity index is 373. The van der Waals surface area contributed by atoms with Crippen LogP contribution < -0.4 is 10.6 Å². The van der Waals surface area contributed by atoms with Crippen LogP contribution in [0.4, 0.5) is 13.2 Å². The molecule has 1 aliphatic rings. The van der Waals surface area contributed by atoms with Gasteiger partial charge in [-0.1, -0.05) is 12.8 Å². The second-order valence-electron chi connectivity index (χ2n) is 6.58. The first-order chi connectivity index (χ1) is 11.4. The third kappa shape index (κ3) is 11.1. The lowest BCUT2D eigenvalue weighted by Gasteiger charge is -2.30. The van der Waals surface area contributed by atoms with Crippen molar-refractivity contribution in [2.75, 3.05) is 33.4 Å². The largest absolute Gasteiger partial charge is 0.389 e. The Morgan fingerprint density at radius 2 is 1.84 bits per heavy atom. The fourth-order valence-corrected chi connectivity index (χ4v) is 3.22. The van der Waals surface area contributed by atoms with Crippen molar-refractivity contribution in [3.63, 3.8) is 0 Å². The molecule has 1 aliphatic carbocycles. The van der Waals surface area contributed by atoms with E-state index in [0.29, 0.717) is 18.9 Å². The summed E-state index contributed by atoms with van der Waals surface area (Å²) in [4.78, 5) is 4.16. The molecule has 4 nitrogen and oxygen atoms in total. The van der Waals surface area contributed by atoms with Gasteiger partial charge < -0.3 is 15.4 Å². The Morgan fingerprint density at radius 1 is 1.16 bits per heavy atom. The highest BCUT2D eigenvalue weighted by Crippen LogP contribution is 2.40. The normalized spacial score (nSPS) is 17.2. The molecular weight excluding hydrogens is 446 g/mol. The van der Waals surface area contributed by atoms with E-state index >= 15 is 0 Å². The fraction of sp³-hybridized carbons (Fsp3) is 0.941. The minimum absolute atomic E-state index is 0. The number of nitrogens with one attached hydrogen (secondary N) is 2. The van der Waals surface area contributed by atoms with Gasteiger partial charge in [-0.25, -0.2) is 0 Å². The summed E-state index contributed by atoms with van der Waals surface area (Å²) in [6.07, 6.45) is 1.76. The molecule has 0 unspecified atom stereocenters. The number of halogens is 4. The molecule has 0 amide bonds. The minimum atomic E-state index is -4.06. The van der Waals surface area contributed by atoms with Gasteiger partial charge in [0.15, 0.2) is 5.96 Å². The number of guanidine groups is 1. The summed E-state index contributed by atoms with van der Waals surface area (Å²) in [5.74, 6) is 0.671. The molecule has 0 aromatic carbocycles. The summed E-state index contributed by atoms with van der Waals surface area (Å²) in [6, 6.07) is 0. The van der Waals surface area contributed by atoms with Crippen LogP contribution in [0.2, 0.25) is 0 Å². The molecule has 2 N–H and O–H groups in total. The van der Waals surface area contributed by atoms with Gasteiger partial charge in [0.1, 0.15) is 0 Å². The van der Waals surface area contributed by atoms with Crippen LogP contribution in [0, 0.1) is 5.41 Å². The van der Waals surface area contributed by atoms with Crippen LogP contribution in [-0.2, 0) is 4.74 Å². The number of alkyl halides is 3. The molecule has 0 saturated heterocycles. The maximum atomic E-state index is 12.1. The zero-order valence-electron chi connectivity index (χ0n) is 15.4. The van der Waals surface area contributed by atoms with E-state index < -0.39 is 12.6 Å². The summed E-state index contributed by atoms with van der Waals surface area (Å²) in [5, 5.41) is 6.45. The second-order valence-corrected chi connectivity index (χ2v) is 6.58. The van der Waals surface area contributed by atoms with Crippen LogP contribution in [0.25, 0.3) is 0 Å². The third-order valence-corrected chi connectivity index (χ3v) is 4.68. The predicted molar refractivity (Wildman–Crippen MR) is 107 cm³/mol. The molecule has 1 rings (SSSR count). The molecule has 0 spiro atoms. The zero-order chi connectivity index (χ0) is 17.9. The zero-order valence-corrected chi connectivity index (χ0v) is 17.7. The van der Waals surface area contributed by atoms with Crippen LogP contribution in [0.1, 0.15) is 58.3 Å². The quantitative estimate of drug-likeness (QED) is 0.210. The standard InChI is InChI=1S/C17H32F3N3O.HI/c1-3-24-13-11-16(8-4-5-9-16)14-23-15(21-2)22-12-7-6-10-17(18,19)20;/h3-14H2,1-2H3,(H2,21,22,23);1H. The smallest absolute Gasteiger partial charge is 0.382 e. The molecule has 0 bridgehead atoms. The second kappa shape index (κ2) is 13.0. The van der Waals surface area contributed by atoms with Crippen LogP contribution in [0.3, 0.4) is 0 Å². The van der Waals surface area contributed by atoms with E-state index in [4.69, 9.17) is 4.74 Å². The number of ether oxygens (including phenoxy) is 1. The lowest BCUT2D eigenvalue weighted by molar-refractivity contribution is -0.135. The van der Waals surface area contributed by atoms with Crippen molar-refractivity contribution in [3.05, 3.63) is 0 Å². The van der Waals surface area contributed by atoms with Gasteiger partial charge in [-0.3, -0.25) is 4.99 Å². The number of hydrogen-bond donors (Lipinski definition) is 2. The van der Waals surface area contributed by atoms with Crippen LogP contribution >= 0.6 is 24.0 Å². The van der Waals surface area contributed by atoms with E-state index in [2.05, 4.69) is 15.6 Å². The topological polar surface area (TPSA) is 45.6 Å². The first-order valence-electron chi connectivity index (χ1n) is 9.00. The highest BCUT2D eigenvalue weighted by atomic mass is 127. The van der Waals surface area contributed by atoms with Gasteiger partial charge in [0.25, 0.3) is 0 Å². The van der Waals surface area contributed by atoms with E-state index in [1.54, 1.807) is 7.05 Å². The van der Waals surface area contributed by atoms with Crippen molar-refractivity contribution in [1.29, 1.82) is 0 Å². The van der Waals surface area contributed by atoms with Crippen molar-refractivity contribution in [2.24, 2.45) is 10.4 Å². The van der Waals surface area contributed by atoms with E-state index in [9.17, 15) is 13.2 Å². The highest BCUT2D eigenvalue weighted by Gasteiger charge is 2.33. The molecule has 0 atom stereocenters. The molecule has 0 heterocycles. The van der Waals surface area contributed by atoms with Crippen LogP contribution in [-0.4, -0.2) is 45.5 Å². The Labute approximate surface area is 166 Å². The van der Waals surface area contributed by atoms with Crippen molar-refractivity contribution < 1.29 is 17.9 Å². The van der Waals surface area contributed by atoms with Crippen LogP contribution in [0.5, 0.6) is 0 Å². The maximum Gasteiger partial charge on any atom is 0.389 e. The molecule has 25 heavy (non-hydrogen) atoms. The Hall–Kier alpha value is -0.250. The van der Waals surface area contributed by atoms with Gasteiger partial charge in [-0.2, -0.15) is 13.2 Å². The highest BCUT2D eigenvalue weighted by molar-refractivity contribution is 14.0. The van der Waals surface area contributed by atoms with Crippen LogP contribution in [0.15, 0.2) is 4.99 Å². The summed E-state index contributed by atoms with van der Waals surface area (Å²) < 4.78 is 41.8. The van der Waals surface area contributed by atoms with E-state index in [0.717, 1.165) is 26.2 Å². The Balaban J connectivity index is 0.00000576. The average Bonchev–Trinajstić information content (AvgIpc) is 2.98. The number of hydrogen-bond acceptors (Lipinski definition) is 2. The number of unbranched alkanes of at least 4 members (excludes halogenated alkanes) is 1. The third-order valence-electron chi connectivity index (χ3n) is 4.68. The lowest BCUT2D eigenvalue weighted by Crippen LogP contribution is -2.43. The first-order valence-corrected chi connectivity index (χ1v) is 9.00. The van der Waals surface area contributed by atoms with Gasteiger partial charge in [0, 0.05) is 39.8 Å². The molecule has 1 saturated carbocycles. The van der Waals surface area contributed by atoms with Gasteiger partial charge in [-0.15, -0.1) is 24.0 Å². The Kier molecular flexibility index (Phi) is 12.9. The summed E-state index contributed by atoms with van der Waals surface area (Å²) in [5.41, 5.74) is 0.253. The number of aliphatic imine (C=N–C) groups is 1. The molecular formula is C17H33F3IN3O. The molecule has 0 radical (unpaired) electrons. The minimum Gasteiger partial charge on any atom is -0.382 e. The van der Waals surface area contributed by atoms with Gasteiger partial charge in [0.05, 0.1) is 0 Å². The van der Waals surface area contributed by atoms with Crippen molar-refractivity contribution in [1.82, 2.24) is 10.6 Å². The summed E-state index contributed by atoms with van der Waals surface area (Å²) >= 11 is 0.